The van der Waals surface area contributed by atoms with Crippen LogP contribution in [0.25, 0.3) is 0 Å². The molecule has 0 fully saturated rings. The van der Waals surface area contributed by atoms with E-state index in [4.69, 9.17) is 11.6 Å². The maximum absolute atomic E-state index is 13.4. The highest BCUT2D eigenvalue weighted by Gasteiger charge is 2.31. The largest absolute Gasteiger partial charge is 0.350 e. The molecule has 0 aromatic heterocycles. The highest BCUT2D eigenvalue weighted by Crippen LogP contribution is 2.21. The van der Waals surface area contributed by atoms with E-state index in [1.165, 1.54) is 11.4 Å². The first-order valence-electron chi connectivity index (χ1n) is 11.7. The van der Waals surface area contributed by atoms with Gasteiger partial charge in [-0.1, -0.05) is 54.9 Å². The summed E-state index contributed by atoms with van der Waals surface area (Å²) < 4.78 is 26.8. The average Bonchev–Trinajstić information content (AvgIpc) is 2.79. The number of halogens is 1. The zero-order valence-corrected chi connectivity index (χ0v) is 22.7. The Balaban J connectivity index is 2.17. The predicted molar refractivity (Wildman–Crippen MR) is 139 cm³/mol. The number of amides is 2. The SMILES string of the molecule is CC[C@H](C(=O)NC(C)(C)C)N(Cc1ccccc1Cl)C(=O)CCCN(C)S(=O)(=O)c1ccccc1. The minimum atomic E-state index is -3.64. The van der Waals surface area contributed by atoms with E-state index in [-0.39, 0.29) is 36.2 Å². The van der Waals surface area contributed by atoms with E-state index < -0.39 is 21.6 Å². The van der Waals surface area contributed by atoms with Crippen LogP contribution < -0.4 is 5.32 Å². The van der Waals surface area contributed by atoms with Crippen LogP contribution in [0.3, 0.4) is 0 Å². The van der Waals surface area contributed by atoms with E-state index in [0.29, 0.717) is 17.9 Å². The molecule has 0 aliphatic carbocycles. The lowest BCUT2D eigenvalue weighted by Crippen LogP contribution is -2.53. The van der Waals surface area contributed by atoms with Gasteiger partial charge in [0.25, 0.3) is 0 Å². The predicted octanol–water partition coefficient (Wildman–Crippen LogP) is 4.46. The Hall–Kier alpha value is -2.42. The maximum Gasteiger partial charge on any atom is 0.243 e. The van der Waals surface area contributed by atoms with Gasteiger partial charge in [0.1, 0.15) is 6.04 Å². The van der Waals surface area contributed by atoms with E-state index in [9.17, 15) is 18.0 Å². The molecule has 2 amide bonds. The second-order valence-electron chi connectivity index (χ2n) is 9.52. The summed E-state index contributed by atoms with van der Waals surface area (Å²) in [7, 11) is -2.14. The fourth-order valence-corrected chi connectivity index (χ4v) is 5.10. The average molecular weight is 522 g/mol. The quantitative estimate of drug-likeness (QED) is 0.473. The Bertz CT molecular complexity index is 1100. The molecule has 0 saturated heterocycles. The molecule has 0 heterocycles. The van der Waals surface area contributed by atoms with Gasteiger partial charge >= 0.3 is 0 Å². The summed E-state index contributed by atoms with van der Waals surface area (Å²) in [6, 6.07) is 14.7. The van der Waals surface area contributed by atoms with Crippen molar-refractivity contribution in [3.63, 3.8) is 0 Å². The summed E-state index contributed by atoms with van der Waals surface area (Å²) in [5.74, 6) is -0.462. The zero-order valence-electron chi connectivity index (χ0n) is 21.1. The van der Waals surface area contributed by atoms with Gasteiger partial charge < -0.3 is 10.2 Å². The number of benzene rings is 2. The highest BCUT2D eigenvalue weighted by atomic mass is 35.5. The number of carbonyl (C=O) groups excluding carboxylic acids is 2. The van der Waals surface area contributed by atoms with E-state index >= 15 is 0 Å². The molecule has 2 aromatic rings. The minimum Gasteiger partial charge on any atom is -0.350 e. The van der Waals surface area contributed by atoms with E-state index in [1.807, 2.05) is 45.9 Å². The normalized spacial score (nSPS) is 12.9. The molecule has 0 radical (unpaired) electrons. The summed E-state index contributed by atoms with van der Waals surface area (Å²) in [6.07, 6.45) is 0.844. The summed E-state index contributed by atoms with van der Waals surface area (Å²) in [6.45, 7) is 7.89. The molecular formula is C26H36ClN3O4S. The minimum absolute atomic E-state index is 0.0956. The summed E-state index contributed by atoms with van der Waals surface area (Å²) >= 11 is 6.35. The molecule has 0 aliphatic heterocycles. The molecule has 0 saturated carbocycles. The standard InChI is InChI=1S/C26H36ClN3O4S/c1-6-23(25(32)28-26(2,3)4)30(19-20-13-10-11-16-22(20)27)24(31)17-12-18-29(5)35(33,34)21-14-8-7-9-15-21/h7-11,13-16,23H,6,12,17-19H2,1-5H3,(H,28,32)/t23-/m1/s1. The van der Waals surface area contributed by atoms with Crippen molar-refractivity contribution in [2.75, 3.05) is 13.6 Å². The molecule has 0 aliphatic rings. The van der Waals surface area contributed by atoms with Gasteiger partial charge in [-0.25, -0.2) is 12.7 Å². The second-order valence-corrected chi connectivity index (χ2v) is 12.0. The van der Waals surface area contributed by atoms with Gasteiger partial charge in [0, 0.05) is 37.1 Å². The first-order chi connectivity index (χ1) is 16.4. The van der Waals surface area contributed by atoms with Crippen molar-refractivity contribution < 1.29 is 18.0 Å². The van der Waals surface area contributed by atoms with Crippen molar-refractivity contribution in [1.82, 2.24) is 14.5 Å². The number of sulfonamides is 1. The van der Waals surface area contributed by atoms with Crippen LogP contribution in [-0.2, 0) is 26.2 Å². The van der Waals surface area contributed by atoms with Gasteiger partial charge in [0.05, 0.1) is 4.90 Å². The Morgan fingerprint density at radius 2 is 1.63 bits per heavy atom. The number of hydrogen-bond acceptors (Lipinski definition) is 4. The lowest BCUT2D eigenvalue weighted by Gasteiger charge is -2.33. The third-order valence-electron chi connectivity index (χ3n) is 5.50. The van der Waals surface area contributed by atoms with E-state index in [1.54, 1.807) is 41.3 Å². The molecule has 9 heteroatoms. The third-order valence-corrected chi connectivity index (χ3v) is 7.74. The molecule has 7 nitrogen and oxygen atoms in total. The smallest absolute Gasteiger partial charge is 0.243 e. The van der Waals surface area contributed by atoms with Crippen LogP contribution in [0.1, 0.15) is 52.5 Å². The van der Waals surface area contributed by atoms with Crippen molar-refractivity contribution in [3.05, 3.63) is 65.2 Å². The summed E-state index contributed by atoms with van der Waals surface area (Å²) in [5.41, 5.74) is 0.297. The molecule has 35 heavy (non-hydrogen) atoms. The van der Waals surface area contributed by atoms with Crippen molar-refractivity contribution >= 4 is 33.4 Å². The fourth-order valence-electron chi connectivity index (χ4n) is 3.67. The monoisotopic (exact) mass is 521 g/mol. The van der Waals surface area contributed by atoms with E-state index in [2.05, 4.69) is 5.32 Å². The van der Waals surface area contributed by atoms with Gasteiger partial charge in [0.2, 0.25) is 21.8 Å². The topological polar surface area (TPSA) is 86.8 Å². The lowest BCUT2D eigenvalue weighted by molar-refractivity contribution is -0.142. The molecule has 0 bridgehead atoms. The number of nitrogens with one attached hydrogen (secondary N) is 1. The van der Waals surface area contributed by atoms with Crippen LogP contribution in [0.5, 0.6) is 0 Å². The third kappa shape index (κ3) is 8.33. The second kappa shape index (κ2) is 12.5. The number of rotatable bonds is 11. The first kappa shape index (κ1) is 28.8. The van der Waals surface area contributed by atoms with Crippen molar-refractivity contribution in [2.45, 2.75) is 70.0 Å². The van der Waals surface area contributed by atoms with Crippen LogP contribution >= 0.6 is 11.6 Å². The fraction of sp³-hybridized carbons (Fsp3) is 0.462. The molecule has 1 N–H and O–H groups in total. The van der Waals surface area contributed by atoms with Crippen LogP contribution in [0, 0.1) is 0 Å². The van der Waals surface area contributed by atoms with Crippen molar-refractivity contribution in [1.29, 1.82) is 0 Å². The Labute approximate surface area is 214 Å². The molecule has 192 valence electrons. The maximum atomic E-state index is 13.4. The number of hydrogen-bond donors (Lipinski definition) is 1. The molecular weight excluding hydrogens is 486 g/mol. The Morgan fingerprint density at radius 3 is 2.20 bits per heavy atom. The van der Waals surface area contributed by atoms with Gasteiger partial charge in [-0.15, -0.1) is 0 Å². The first-order valence-corrected chi connectivity index (χ1v) is 13.5. The van der Waals surface area contributed by atoms with Crippen LogP contribution in [0.15, 0.2) is 59.5 Å². The molecule has 2 rings (SSSR count). The van der Waals surface area contributed by atoms with Crippen molar-refractivity contribution in [3.8, 4) is 0 Å². The Kier molecular flexibility index (Phi) is 10.3. The van der Waals surface area contributed by atoms with Gasteiger partial charge in [0.15, 0.2) is 0 Å². The van der Waals surface area contributed by atoms with Gasteiger partial charge in [-0.05, 0) is 57.4 Å². The van der Waals surface area contributed by atoms with Crippen LogP contribution in [0.2, 0.25) is 5.02 Å². The number of carbonyl (C=O) groups is 2. The number of nitrogens with zero attached hydrogens (tertiary/aromatic N) is 2. The van der Waals surface area contributed by atoms with Gasteiger partial charge in [-0.2, -0.15) is 0 Å². The Morgan fingerprint density at radius 1 is 1.03 bits per heavy atom. The highest BCUT2D eigenvalue weighted by molar-refractivity contribution is 7.89. The molecule has 1 atom stereocenters. The van der Waals surface area contributed by atoms with Gasteiger partial charge in [-0.3, -0.25) is 9.59 Å². The molecule has 2 aromatic carbocycles. The molecule has 0 unspecified atom stereocenters. The zero-order chi connectivity index (χ0) is 26.2. The lowest BCUT2D eigenvalue weighted by atomic mass is 10.0. The summed E-state index contributed by atoms with van der Waals surface area (Å²) in [5, 5.41) is 3.48. The van der Waals surface area contributed by atoms with E-state index in [0.717, 1.165) is 5.56 Å². The molecule has 0 spiro atoms. The summed E-state index contributed by atoms with van der Waals surface area (Å²) in [4.78, 5) is 28.2. The van der Waals surface area contributed by atoms with Crippen LogP contribution in [-0.4, -0.2) is 54.6 Å². The van der Waals surface area contributed by atoms with Crippen LogP contribution in [0.4, 0.5) is 0 Å². The van der Waals surface area contributed by atoms with Crippen molar-refractivity contribution in [2.24, 2.45) is 0 Å².